The van der Waals surface area contributed by atoms with Gasteiger partial charge in [-0.15, -0.1) is 0 Å². The molecule has 1 aromatic heterocycles. The van der Waals surface area contributed by atoms with Crippen molar-refractivity contribution in [2.24, 2.45) is 0 Å². The molecule has 1 aromatic carbocycles. The highest BCUT2D eigenvalue weighted by atomic mass is 32.2. The summed E-state index contributed by atoms with van der Waals surface area (Å²) in [7, 11) is -0.351. The average molecular weight is 378 g/mol. The van der Waals surface area contributed by atoms with E-state index in [9.17, 15) is 8.42 Å². The lowest BCUT2D eigenvalue weighted by Crippen LogP contribution is -2.29. The molecular weight excluding hydrogens is 350 g/mol. The molecular formula is C19H27N3O3S. The Kier molecular flexibility index (Phi) is 6.13. The molecule has 1 aliphatic rings. The van der Waals surface area contributed by atoms with E-state index in [0.717, 1.165) is 30.2 Å². The third-order valence-corrected chi connectivity index (χ3v) is 6.51. The van der Waals surface area contributed by atoms with E-state index in [-0.39, 0.29) is 4.90 Å². The van der Waals surface area contributed by atoms with Gasteiger partial charge in [-0.05, 0) is 62.3 Å². The largest absolute Gasteiger partial charge is 0.460 e. The first kappa shape index (κ1) is 19.1. The zero-order chi connectivity index (χ0) is 18.6. The molecule has 1 fully saturated rings. The summed E-state index contributed by atoms with van der Waals surface area (Å²) >= 11 is 0. The summed E-state index contributed by atoms with van der Waals surface area (Å²) in [4.78, 5) is 2.76. The van der Waals surface area contributed by atoms with Crippen molar-refractivity contribution in [3.8, 4) is 11.3 Å². The summed E-state index contributed by atoms with van der Waals surface area (Å²) < 4.78 is 31.3. The van der Waals surface area contributed by atoms with Crippen molar-refractivity contribution in [1.29, 1.82) is 0 Å². The van der Waals surface area contributed by atoms with Crippen LogP contribution in [-0.4, -0.2) is 57.9 Å². The zero-order valence-corrected chi connectivity index (χ0v) is 16.3. The van der Waals surface area contributed by atoms with Gasteiger partial charge in [0.2, 0.25) is 10.0 Å². The second kappa shape index (κ2) is 8.35. The number of hydrogen-bond acceptors (Lipinski definition) is 5. The number of sulfonamides is 1. The fourth-order valence-corrected chi connectivity index (χ4v) is 3.99. The summed E-state index contributed by atoms with van der Waals surface area (Å²) in [5.74, 6) is 1.63. The molecule has 0 atom stereocenters. The Bertz CT molecular complexity index is 807. The summed E-state index contributed by atoms with van der Waals surface area (Å²) in [5, 5.41) is 3.41. The molecule has 7 heteroatoms. The van der Waals surface area contributed by atoms with Crippen LogP contribution < -0.4 is 5.32 Å². The molecule has 0 bridgehead atoms. The van der Waals surface area contributed by atoms with Crippen LogP contribution >= 0.6 is 0 Å². The summed E-state index contributed by atoms with van der Waals surface area (Å²) in [5.41, 5.74) is 0.867. The Morgan fingerprint density at radius 1 is 1.08 bits per heavy atom. The highest BCUT2D eigenvalue weighted by Gasteiger charge is 2.17. The minimum Gasteiger partial charge on any atom is -0.460 e. The fraction of sp³-hybridized carbons (Fsp3) is 0.474. The van der Waals surface area contributed by atoms with E-state index >= 15 is 0 Å². The van der Waals surface area contributed by atoms with E-state index in [1.165, 1.54) is 44.3 Å². The van der Waals surface area contributed by atoms with Crippen molar-refractivity contribution in [3.63, 3.8) is 0 Å². The molecule has 142 valence electrons. The van der Waals surface area contributed by atoms with E-state index in [0.29, 0.717) is 6.54 Å². The standard InChI is InChI=1S/C19H27N3O3S/c1-21(2)26(23,24)18-8-5-16(6-9-18)19-10-7-17(25-19)15-20-11-14-22-12-3-4-13-22/h5-10,20H,3-4,11-15H2,1-2H3. The van der Waals surface area contributed by atoms with Gasteiger partial charge in [0, 0.05) is 32.7 Å². The van der Waals surface area contributed by atoms with E-state index in [1.807, 2.05) is 12.1 Å². The molecule has 6 nitrogen and oxygen atoms in total. The van der Waals surface area contributed by atoms with Crippen LogP contribution in [0.15, 0.2) is 45.7 Å². The predicted octanol–water partition coefficient (Wildman–Crippen LogP) is 2.38. The van der Waals surface area contributed by atoms with Crippen LogP contribution in [0.5, 0.6) is 0 Å². The van der Waals surface area contributed by atoms with Crippen molar-refractivity contribution < 1.29 is 12.8 Å². The number of hydrogen-bond donors (Lipinski definition) is 1. The van der Waals surface area contributed by atoms with Crippen LogP contribution in [0, 0.1) is 0 Å². The lowest BCUT2D eigenvalue weighted by Gasteiger charge is -2.14. The van der Waals surface area contributed by atoms with Gasteiger partial charge in [-0.25, -0.2) is 12.7 Å². The van der Waals surface area contributed by atoms with Gasteiger partial charge in [0.25, 0.3) is 0 Å². The van der Waals surface area contributed by atoms with Gasteiger partial charge in [-0.1, -0.05) is 0 Å². The van der Waals surface area contributed by atoms with Crippen LogP contribution in [0.3, 0.4) is 0 Å². The Balaban J connectivity index is 1.55. The molecule has 0 amide bonds. The molecule has 2 heterocycles. The quantitative estimate of drug-likeness (QED) is 0.716. The first-order valence-electron chi connectivity index (χ1n) is 9.01. The van der Waals surface area contributed by atoms with Gasteiger partial charge in [-0.3, -0.25) is 0 Å². The highest BCUT2D eigenvalue weighted by molar-refractivity contribution is 7.89. The summed E-state index contributed by atoms with van der Waals surface area (Å²) in [6, 6.07) is 10.7. The van der Waals surface area contributed by atoms with Gasteiger partial charge in [0.05, 0.1) is 11.4 Å². The van der Waals surface area contributed by atoms with Crippen molar-refractivity contribution in [2.45, 2.75) is 24.3 Å². The van der Waals surface area contributed by atoms with Crippen LogP contribution in [-0.2, 0) is 16.6 Å². The molecule has 3 rings (SSSR count). The van der Waals surface area contributed by atoms with Crippen LogP contribution in [0.2, 0.25) is 0 Å². The van der Waals surface area contributed by atoms with Crippen molar-refractivity contribution in [1.82, 2.24) is 14.5 Å². The van der Waals surface area contributed by atoms with Gasteiger partial charge < -0.3 is 14.6 Å². The van der Waals surface area contributed by atoms with E-state index < -0.39 is 10.0 Å². The Morgan fingerprint density at radius 2 is 1.77 bits per heavy atom. The van der Waals surface area contributed by atoms with Crippen LogP contribution in [0.1, 0.15) is 18.6 Å². The summed E-state index contributed by atoms with van der Waals surface area (Å²) in [6.07, 6.45) is 2.63. The van der Waals surface area contributed by atoms with Crippen molar-refractivity contribution in [2.75, 3.05) is 40.3 Å². The first-order chi connectivity index (χ1) is 12.5. The van der Waals surface area contributed by atoms with Crippen molar-refractivity contribution >= 4 is 10.0 Å². The predicted molar refractivity (Wildman–Crippen MR) is 102 cm³/mol. The number of likely N-dealkylation sites (tertiary alicyclic amines) is 1. The lowest BCUT2D eigenvalue weighted by atomic mass is 10.2. The maximum absolute atomic E-state index is 12.1. The number of rotatable bonds is 8. The number of nitrogens with one attached hydrogen (secondary N) is 1. The maximum Gasteiger partial charge on any atom is 0.242 e. The second-order valence-electron chi connectivity index (χ2n) is 6.80. The van der Waals surface area contributed by atoms with Crippen molar-refractivity contribution in [3.05, 3.63) is 42.2 Å². The van der Waals surface area contributed by atoms with E-state index in [4.69, 9.17) is 4.42 Å². The molecule has 0 radical (unpaired) electrons. The topological polar surface area (TPSA) is 65.8 Å². The molecule has 0 spiro atoms. The van der Waals surface area contributed by atoms with Gasteiger partial charge in [0.1, 0.15) is 11.5 Å². The Labute approximate surface area is 155 Å². The molecule has 1 N–H and O–H groups in total. The third kappa shape index (κ3) is 4.54. The Hall–Kier alpha value is -1.67. The average Bonchev–Trinajstić information content (AvgIpc) is 3.31. The fourth-order valence-electron chi connectivity index (χ4n) is 3.09. The SMILES string of the molecule is CN(C)S(=O)(=O)c1ccc(-c2ccc(CNCCN3CCCC3)o2)cc1. The Morgan fingerprint density at radius 3 is 2.42 bits per heavy atom. The molecule has 0 saturated carbocycles. The number of furan rings is 1. The highest BCUT2D eigenvalue weighted by Crippen LogP contribution is 2.24. The van der Waals surface area contributed by atoms with Crippen LogP contribution in [0.4, 0.5) is 0 Å². The maximum atomic E-state index is 12.1. The van der Waals surface area contributed by atoms with E-state index in [2.05, 4.69) is 10.2 Å². The number of benzene rings is 1. The first-order valence-corrected chi connectivity index (χ1v) is 10.5. The van der Waals surface area contributed by atoms with Gasteiger partial charge in [-0.2, -0.15) is 0 Å². The molecule has 2 aromatic rings. The monoisotopic (exact) mass is 377 g/mol. The molecule has 1 saturated heterocycles. The van der Waals surface area contributed by atoms with Gasteiger partial charge >= 0.3 is 0 Å². The third-order valence-electron chi connectivity index (χ3n) is 4.68. The zero-order valence-electron chi connectivity index (χ0n) is 15.4. The summed E-state index contributed by atoms with van der Waals surface area (Å²) in [6.45, 7) is 5.15. The molecule has 0 unspecified atom stereocenters. The minimum atomic E-state index is -3.40. The molecule has 1 aliphatic heterocycles. The second-order valence-corrected chi connectivity index (χ2v) is 8.96. The minimum absolute atomic E-state index is 0.279. The molecule has 0 aliphatic carbocycles. The van der Waals surface area contributed by atoms with E-state index in [1.54, 1.807) is 24.3 Å². The van der Waals surface area contributed by atoms with Gasteiger partial charge in [0.15, 0.2) is 0 Å². The number of nitrogens with zero attached hydrogens (tertiary/aromatic N) is 2. The lowest BCUT2D eigenvalue weighted by molar-refractivity contribution is 0.333. The normalized spacial score (nSPS) is 15.8. The van der Waals surface area contributed by atoms with Crippen LogP contribution in [0.25, 0.3) is 11.3 Å². The molecule has 26 heavy (non-hydrogen) atoms. The smallest absolute Gasteiger partial charge is 0.242 e.